The van der Waals surface area contributed by atoms with Crippen molar-refractivity contribution < 1.29 is 4.74 Å². The molecule has 0 aliphatic rings. The zero-order valence-corrected chi connectivity index (χ0v) is 11.9. The predicted octanol–water partition coefficient (Wildman–Crippen LogP) is 3.36. The molecule has 3 nitrogen and oxygen atoms in total. The van der Waals surface area contributed by atoms with E-state index in [9.17, 15) is 0 Å². The SMILES string of the molecule is Cc1ccc(COc2ccc(CC(=N)N)cc2)cc1C. The molecule has 2 rings (SSSR count). The number of aryl methyl sites for hydroxylation is 2. The van der Waals surface area contributed by atoms with Gasteiger partial charge in [-0.25, -0.2) is 0 Å². The Morgan fingerprint density at radius 3 is 2.25 bits per heavy atom. The minimum atomic E-state index is 0.175. The largest absolute Gasteiger partial charge is 0.489 e. The fourth-order valence-corrected chi connectivity index (χ4v) is 1.98. The van der Waals surface area contributed by atoms with E-state index in [1.54, 1.807) is 0 Å². The molecule has 0 spiro atoms. The number of ether oxygens (including phenoxy) is 1. The first-order valence-corrected chi connectivity index (χ1v) is 6.65. The summed E-state index contributed by atoms with van der Waals surface area (Å²) < 4.78 is 5.76. The normalized spacial score (nSPS) is 10.3. The standard InChI is InChI=1S/C17H20N2O/c1-12-3-4-15(9-13(12)2)11-20-16-7-5-14(6-8-16)10-17(18)19/h3-9H,10-11H2,1-2H3,(H3,18,19). The monoisotopic (exact) mass is 268 g/mol. The van der Waals surface area contributed by atoms with Gasteiger partial charge in [-0.3, -0.25) is 5.41 Å². The van der Waals surface area contributed by atoms with Gasteiger partial charge in [0.1, 0.15) is 12.4 Å². The number of nitrogens with one attached hydrogen (secondary N) is 1. The molecule has 0 atom stereocenters. The number of hydrogen-bond acceptors (Lipinski definition) is 2. The molecule has 0 aliphatic heterocycles. The maximum absolute atomic E-state index is 7.26. The van der Waals surface area contributed by atoms with Crippen LogP contribution in [0.2, 0.25) is 0 Å². The summed E-state index contributed by atoms with van der Waals surface area (Å²) in [7, 11) is 0. The van der Waals surface area contributed by atoms with E-state index in [0.29, 0.717) is 13.0 Å². The van der Waals surface area contributed by atoms with E-state index in [0.717, 1.165) is 11.3 Å². The predicted molar refractivity (Wildman–Crippen MR) is 82.3 cm³/mol. The molecule has 20 heavy (non-hydrogen) atoms. The Morgan fingerprint density at radius 1 is 1.00 bits per heavy atom. The highest BCUT2D eigenvalue weighted by Gasteiger charge is 2.00. The molecular weight excluding hydrogens is 248 g/mol. The summed E-state index contributed by atoms with van der Waals surface area (Å²) in [6, 6.07) is 14.1. The average molecular weight is 268 g/mol. The number of benzene rings is 2. The molecule has 2 aromatic rings. The van der Waals surface area contributed by atoms with Gasteiger partial charge in [0.05, 0.1) is 5.84 Å². The van der Waals surface area contributed by atoms with Crippen LogP contribution in [0.1, 0.15) is 22.3 Å². The fourth-order valence-electron chi connectivity index (χ4n) is 1.98. The number of nitrogens with two attached hydrogens (primary N) is 1. The van der Waals surface area contributed by atoms with Crippen LogP contribution in [0.3, 0.4) is 0 Å². The van der Waals surface area contributed by atoms with Crippen molar-refractivity contribution in [3.63, 3.8) is 0 Å². The molecule has 0 radical (unpaired) electrons. The lowest BCUT2D eigenvalue weighted by Gasteiger charge is -2.09. The first kappa shape index (κ1) is 14.1. The Bertz CT molecular complexity index is 603. The molecule has 2 aromatic carbocycles. The molecule has 0 aromatic heterocycles. The Kier molecular flexibility index (Phi) is 4.41. The van der Waals surface area contributed by atoms with Crippen LogP contribution in [0.25, 0.3) is 0 Å². The zero-order chi connectivity index (χ0) is 14.5. The van der Waals surface area contributed by atoms with Gasteiger partial charge in [0.15, 0.2) is 0 Å². The Labute approximate surface area is 119 Å². The summed E-state index contributed by atoms with van der Waals surface area (Å²) in [5.41, 5.74) is 10.1. The van der Waals surface area contributed by atoms with Crippen molar-refractivity contribution in [2.45, 2.75) is 26.9 Å². The van der Waals surface area contributed by atoms with Crippen LogP contribution in [0, 0.1) is 19.3 Å². The van der Waals surface area contributed by atoms with E-state index in [1.165, 1.54) is 16.7 Å². The molecule has 0 amide bonds. The Balaban J connectivity index is 1.96. The Morgan fingerprint density at radius 2 is 1.65 bits per heavy atom. The van der Waals surface area contributed by atoms with Gasteiger partial charge in [0.25, 0.3) is 0 Å². The molecule has 0 saturated carbocycles. The van der Waals surface area contributed by atoms with Crippen molar-refractivity contribution in [1.82, 2.24) is 0 Å². The third-order valence-electron chi connectivity index (χ3n) is 3.29. The van der Waals surface area contributed by atoms with Crippen LogP contribution < -0.4 is 10.5 Å². The molecule has 0 fully saturated rings. The van der Waals surface area contributed by atoms with Gasteiger partial charge >= 0.3 is 0 Å². The van der Waals surface area contributed by atoms with Crippen molar-refractivity contribution in [2.24, 2.45) is 5.73 Å². The molecule has 0 saturated heterocycles. The van der Waals surface area contributed by atoms with Crippen molar-refractivity contribution in [3.8, 4) is 5.75 Å². The Hall–Kier alpha value is -2.29. The van der Waals surface area contributed by atoms with Crippen LogP contribution in [0.5, 0.6) is 5.75 Å². The molecule has 0 heterocycles. The van der Waals surface area contributed by atoms with Crippen molar-refractivity contribution in [3.05, 3.63) is 64.7 Å². The van der Waals surface area contributed by atoms with Crippen LogP contribution >= 0.6 is 0 Å². The van der Waals surface area contributed by atoms with Gasteiger partial charge in [-0.05, 0) is 48.2 Å². The summed E-state index contributed by atoms with van der Waals surface area (Å²) >= 11 is 0. The minimum absolute atomic E-state index is 0.175. The molecule has 104 valence electrons. The number of amidine groups is 1. The van der Waals surface area contributed by atoms with Crippen molar-refractivity contribution >= 4 is 5.84 Å². The van der Waals surface area contributed by atoms with Crippen LogP contribution in [0.15, 0.2) is 42.5 Å². The smallest absolute Gasteiger partial charge is 0.119 e. The van der Waals surface area contributed by atoms with Gasteiger partial charge in [0, 0.05) is 6.42 Å². The quantitative estimate of drug-likeness (QED) is 0.645. The third-order valence-corrected chi connectivity index (χ3v) is 3.29. The lowest BCUT2D eigenvalue weighted by molar-refractivity contribution is 0.306. The van der Waals surface area contributed by atoms with E-state index in [4.69, 9.17) is 15.9 Å². The third kappa shape index (κ3) is 3.85. The maximum Gasteiger partial charge on any atom is 0.119 e. The zero-order valence-electron chi connectivity index (χ0n) is 11.9. The van der Waals surface area contributed by atoms with E-state index in [-0.39, 0.29) is 5.84 Å². The van der Waals surface area contributed by atoms with Crippen molar-refractivity contribution in [1.29, 1.82) is 5.41 Å². The van der Waals surface area contributed by atoms with Crippen LogP contribution in [-0.2, 0) is 13.0 Å². The second-order valence-electron chi connectivity index (χ2n) is 5.05. The topological polar surface area (TPSA) is 59.1 Å². The van der Waals surface area contributed by atoms with E-state index in [2.05, 4.69) is 32.0 Å². The minimum Gasteiger partial charge on any atom is -0.489 e. The summed E-state index contributed by atoms with van der Waals surface area (Å²) in [4.78, 5) is 0. The lowest BCUT2D eigenvalue weighted by atomic mass is 10.1. The van der Waals surface area contributed by atoms with Gasteiger partial charge in [-0.15, -0.1) is 0 Å². The van der Waals surface area contributed by atoms with Crippen LogP contribution in [-0.4, -0.2) is 5.84 Å². The van der Waals surface area contributed by atoms with E-state index in [1.807, 2.05) is 24.3 Å². The second-order valence-corrected chi connectivity index (χ2v) is 5.05. The maximum atomic E-state index is 7.26. The summed E-state index contributed by atoms with van der Waals surface area (Å²) in [5.74, 6) is 1.00. The number of rotatable bonds is 5. The molecule has 0 bridgehead atoms. The molecule has 0 unspecified atom stereocenters. The van der Waals surface area contributed by atoms with Gasteiger partial charge in [0.2, 0.25) is 0 Å². The fraction of sp³-hybridized carbons (Fsp3) is 0.235. The summed E-state index contributed by atoms with van der Waals surface area (Å²) in [6.07, 6.45) is 0.484. The van der Waals surface area contributed by atoms with Gasteiger partial charge in [-0.1, -0.05) is 30.3 Å². The first-order valence-electron chi connectivity index (χ1n) is 6.65. The molecule has 0 aliphatic carbocycles. The lowest BCUT2D eigenvalue weighted by Crippen LogP contribution is -2.12. The molecular formula is C17H20N2O. The van der Waals surface area contributed by atoms with E-state index >= 15 is 0 Å². The average Bonchev–Trinajstić information content (AvgIpc) is 2.41. The molecule has 3 N–H and O–H groups in total. The van der Waals surface area contributed by atoms with E-state index < -0.39 is 0 Å². The van der Waals surface area contributed by atoms with Gasteiger partial charge < -0.3 is 10.5 Å². The molecule has 3 heteroatoms. The van der Waals surface area contributed by atoms with Gasteiger partial charge in [-0.2, -0.15) is 0 Å². The summed E-state index contributed by atoms with van der Waals surface area (Å²) in [6.45, 7) is 4.77. The number of hydrogen-bond donors (Lipinski definition) is 2. The van der Waals surface area contributed by atoms with Crippen molar-refractivity contribution in [2.75, 3.05) is 0 Å². The first-order chi connectivity index (χ1) is 9.54. The highest BCUT2D eigenvalue weighted by atomic mass is 16.5. The highest BCUT2D eigenvalue weighted by molar-refractivity contribution is 5.79. The summed E-state index contributed by atoms with van der Waals surface area (Å²) in [5, 5.41) is 7.26. The second kappa shape index (κ2) is 6.24. The highest BCUT2D eigenvalue weighted by Crippen LogP contribution is 2.16. The van der Waals surface area contributed by atoms with Crippen LogP contribution in [0.4, 0.5) is 0 Å².